The van der Waals surface area contributed by atoms with Crippen LogP contribution < -0.4 is 11.1 Å². The maximum atomic E-state index is 13.1. The number of nitrogens with one attached hydrogen (secondary N) is 1. The minimum Gasteiger partial charge on any atom is -0.465 e. The Kier molecular flexibility index (Phi) is 5.27. The zero-order chi connectivity index (χ0) is 19.4. The molecule has 0 radical (unpaired) electrons. The number of hydrogen-bond acceptors (Lipinski definition) is 4. The zero-order valence-corrected chi connectivity index (χ0v) is 14.7. The van der Waals surface area contributed by atoms with Gasteiger partial charge in [-0.2, -0.15) is 5.26 Å². The van der Waals surface area contributed by atoms with Gasteiger partial charge in [0.15, 0.2) is 0 Å². The van der Waals surface area contributed by atoms with Crippen LogP contribution in [0.4, 0.5) is 10.5 Å². The van der Waals surface area contributed by atoms with E-state index in [0.717, 1.165) is 11.1 Å². The summed E-state index contributed by atoms with van der Waals surface area (Å²) in [5.41, 5.74) is 9.40. The molecule has 27 heavy (non-hydrogen) atoms. The first kappa shape index (κ1) is 18.3. The topological polar surface area (TPSA) is 119 Å². The van der Waals surface area contributed by atoms with E-state index < -0.39 is 6.09 Å². The molecule has 0 aromatic heterocycles. The molecule has 0 fully saturated rings. The molecule has 0 bridgehead atoms. The van der Waals surface area contributed by atoms with Crippen LogP contribution in [-0.4, -0.2) is 35.1 Å². The Morgan fingerprint density at radius 1 is 1.30 bits per heavy atom. The van der Waals surface area contributed by atoms with Crippen molar-refractivity contribution >= 4 is 17.7 Å². The molecular formula is C20H20N4O3. The first-order chi connectivity index (χ1) is 13.0. The average molecular weight is 364 g/mol. The largest absolute Gasteiger partial charge is 0.465 e. The third-order valence-corrected chi connectivity index (χ3v) is 4.69. The highest BCUT2D eigenvalue weighted by Crippen LogP contribution is 2.34. The van der Waals surface area contributed by atoms with Gasteiger partial charge < -0.3 is 21.1 Å². The van der Waals surface area contributed by atoms with Crippen molar-refractivity contribution in [3.63, 3.8) is 0 Å². The van der Waals surface area contributed by atoms with E-state index in [4.69, 9.17) is 16.1 Å². The Hall–Kier alpha value is -3.53. The number of anilines is 1. The molecule has 1 heterocycles. The van der Waals surface area contributed by atoms with Crippen molar-refractivity contribution in [2.75, 3.05) is 18.8 Å². The molecule has 3 rings (SSSR count). The van der Waals surface area contributed by atoms with Crippen LogP contribution >= 0.6 is 0 Å². The predicted octanol–water partition coefficient (Wildman–Crippen LogP) is 2.54. The first-order valence-electron chi connectivity index (χ1n) is 8.66. The van der Waals surface area contributed by atoms with Crippen molar-refractivity contribution in [2.45, 2.75) is 18.9 Å². The van der Waals surface area contributed by atoms with Gasteiger partial charge in [-0.05, 0) is 48.2 Å². The fraction of sp³-hybridized carbons (Fsp3) is 0.250. The molecule has 0 spiro atoms. The maximum Gasteiger partial charge on any atom is 0.404 e. The lowest BCUT2D eigenvalue weighted by Gasteiger charge is -2.37. The highest BCUT2D eigenvalue weighted by atomic mass is 16.4. The van der Waals surface area contributed by atoms with Crippen LogP contribution in [0.5, 0.6) is 0 Å². The van der Waals surface area contributed by atoms with Gasteiger partial charge in [0.25, 0.3) is 5.91 Å². The number of hydrogen-bond donors (Lipinski definition) is 3. The molecule has 1 atom stereocenters. The van der Waals surface area contributed by atoms with Crippen LogP contribution in [0, 0.1) is 11.3 Å². The van der Waals surface area contributed by atoms with Gasteiger partial charge in [-0.15, -0.1) is 0 Å². The Morgan fingerprint density at radius 2 is 2.04 bits per heavy atom. The number of nitrogens with two attached hydrogens (primary N) is 1. The number of carbonyl (C=O) groups is 2. The van der Waals surface area contributed by atoms with E-state index in [2.05, 4.69) is 11.4 Å². The maximum absolute atomic E-state index is 13.1. The quantitative estimate of drug-likeness (QED) is 0.556. The molecule has 0 aliphatic carbocycles. The van der Waals surface area contributed by atoms with Crippen LogP contribution in [0.25, 0.3) is 0 Å². The van der Waals surface area contributed by atoms with Crippen LogP contribution in [0.15, 0.2) is 42.5 Å². The van der Waals surface area contributed by atoms with Crippen molar-refractivity contribution in [3.8, 4) is 6.07 Å². The van der Waals surface area contributed by atoms with Crippen LogP contribution in [0.3, 0.4) is 0 Å². The fourth-order valence-electron chi connectivity index (χ4n) is 3.37. The highest BCUT2D eigenvalue weighted by molar-refractivity contribution is 5.98. The van der Waals surface area contributed by atoms with Gasteiger partial charge >= 0.3 is 6.09 Å². The molecule has 7 nitrogen and oxygen atoms in total. The summed E-state index contributed by atoms with van der Waals surface area (Å²) in [6.45, 7) is 0.682. The number of benzene rings is 2. The lowest BCUT2D eigenvalue weighted by molar-refractivity contribution is 0.0645. The van der Waals surface area contributed by atoms with Gasteiger partial charge in [0.05, 0.1) is 17.7 Å². The Bertz CT molecular complexity index is 902. The van der Waals surface area contributed by atoms with Crippen molar-refractivity contribution in [3.05, 3.63) is 64.7 Å². The van der Waals surface area contributed by atoms with Gasteiger partial charge in [0, 0.05) is 24.3 Å². The molecule has 2 aromatic rings. The minimum absolute atomic E-state index is 0.117. The number of rotatable bonds is 5. The second-order valence-corrected chi connectivity index (χ2v) is 6.45. The van der Waals surface area contributed by atoms with Gasteiger partial charge in [0.2, 0.25) is 0 Å². The van der Waals surface area contributed by atoms with Crippen molar-refractivity contribution in [1.82, 2.24) is 10.2 Å². The van der Waals surface area contributed by atoms with Crippen molar-refractivity contribution in [2.24, 2.45) is 0 Å². The number of nitrogens with zero attached hydrogens (tertiary/aromatic N) is 2. The van der Waals surface area contributed by atoms with Crippen molar-refractivity contribution < 1.29 is 14.7 Å². The number of fused-ring (bicyclic) bond motifs is 1. The fourth-order valence-corrected chi connectivity index (χ4v) is 3.37. The SMILES string of the molecule is N#Cc1ccc(C2Cc3ccc(N)cc3C(=O)N2CCCNC(=O)O)cc1. The standard InChI is InChI=1S/C20H20N4O3/c21-12-13-2-4-14(5-3-13)18-10-15-6-7-16(22)11-17(15)19(25)24(18)9-1-8-23-20(26)27/h2-7,11,18,23H,1,8-10,22H2,(H,26,27). The van der Waals surface area contributed by atoms with E-state index in [9.17, 15) is 9.59 Å². The van der Waals surface area contributed by atoms with Gasteiger partial charge in [0.1, 0.15) is 0 Å². The van der Waals surface area contributed by atoms with Gasteiger partial charge in [-0.1, -0.05) is 18.2 Å². The van der Waals surface area contributed by atoms with Gasteiger partial charge in [-0.25, -0.2) is 4.79 Å². The summed E-state index contributed by atoms with van der Waals surface area (Å²) in [6, 6.07) is 14.5. The number of nitriles is 1. The van der Waals surface area contributed by atoms with E-state index in [1.54, 1.807) is 29.2 Å². The normalized spacial score (nSPS) is 15.7. The Morgan fingerprint density at radius 3 is 2.70 bits per heavy atom. The molecule has 4 N–H and O–H groups in total. The summed E-state index contributed by atoms with van der Waals surface area (Å²) < 4.78 is 0. The average Bonchev–Trinajstić information content (AvgIpc) is 2.66. The highest BCUT2D eigenvalue weighted by Gasteiger charge is 2.33. The van der Waals surface area contributed by atoms with E-state index in [1.165, 1.54) is 0 Å². The summed E-state index contributed by atoms with van der Waals surface area (Å²) >= 11 is 0. The van der Waals surface area contributed by atoms with E-state index >= 15 is 0 Å². The minimum atomic E-state index is -1.08. The molecular weight excluding hydrogens is 344 g/mol. The zero-order valence-electron chi connectivity index (χ0n) is 14.7. The third-order valence-electron chi connectivity index (χ3n) is 4.69. The van der Waals surface area contributed by atoms with E-state index in [0.29, 0.717) is 36.2 Å². The molecule has 2 amide bonds. The van der Waals surface area contributed by atoms with Crippen LogP contribution in [0.2, 0.25) is 0 Å². The number of carboxylic acid groups (broad SMARTS) is 1. The summed E-state index contributed by atoms with van der Waals surface area (Å²) in [5, 5.41) is 20.0. The monoisotopic (exact) mass is 364 g/mol. The number of carbonyl (C=O) groups excluding carboxylic acids is 1. The third kappa shape index (κ3) is 4.01. The molecule has 1 aliphatic heterocycles. The molecule has 1 aliphatic rings. The molecule has 0 saturated heterocycles. The molecule has 1 unspecified atom stereocenters. The smallest absolute Gasteiger partial charge is 0.404 e. The Labute approximate surface area is 157 Å². The summed E-state index contributed by atoms with van der Waals surface area (Å²) in [5.74, 6) is -0.117. The number of nitrogen functional groups attached to an aromatic ring is 1. The van der Waals surface area contributed by atoms with Gasteiger partial charge in [-0.3, -0.25) is 4.79 Å². The summed E-state index contributed by atoms with van der Waals surface area (Å²) in [4.78, 5) is 25.5. The van der Waals surface area contributed by atoms with E-state index in [-0.39, 0.29) is 18.5 Å². The lowest BCUT2D eigenvalue weighted by atomic mass is 9.88. The predicted molar refractivity (Wildman–Crippen MR) is 100 cm³/mol. The molecule has 7 heteroatoms. The lowest BCUT2D eigenvalue weighted by Crippen LogP contribution is -2.41. The summed E-state index contributed by atoms with van der Waals surface area (Å²) in [6.07, 6.45) is 0.0592. The summed E-state index contributed by atoms with van der Waals surface area (Å²) in [7, 11) is 0. The first-order valence-corrected chi connectivity index (χ1v) is 8.66. The number of amides is 2. The van der Waals surface area contributed by atoms with Crippen LogP contribution in [0.1, 0.15) is 39.5 Å². The second kappa shape index (κ2) is 7.79. The van der Waals surface area contributed by atoms with Crippen LogP contribution in [-0.2, 0) is 6.42 Å². The molecule has 2 aromatic carbocycles. The second-order valence-electron chi connectivity index (χ2n) is 6.45. The molecule has 138 valence electrons. The molecule has 0 saturated carbocycles. The van der Waals surface area contributed by atoms with Crippen molar-refractivity contribution in [1.29, 1.82) is 5.26 Å². The van der Waals surface area contributed by atoms with E-state index in [1.807, 2.05) is 18.2 Å². The Balaban J connectivity index is 1.89.